The van der Waals surface area contributed by atoms with E-state index in [0.717, 1.165) is 6.42 Å². The molecular weight excluding hydrogens is 288 g/mol. The zero-order valence-corrected chi connectivity index (χ0v) is 14.2. The molecule has 2 unspecified atom stereocenters. The van der Waals surface area contributed by atoms with Gasteiger partial charge in [0.05, 0.1) is 0 Å². The van der Waals surface area contributed by atoms with Crippen LogP contribution in [-0.2, 0) is 4.79 Å². The molecule has 1 aliphatic rings. The lowest BCUT2D eigenvalue weighted by Gasteiger charge is -2.23. The van der Waals surface area contributed by atoms with E-state index in [1.165, 1.54) is 37.7 Å². The second-order valence-corrected chi connectivity index (χ2v) is 6.70. The van der Waals surface area contributed by atoms with Crippen LogP contribution < -0.4 is 11.1 Å². The Hall–Kier alpha value is -1.84. The summed E-state index contributed by atoms with van der Waals surface area (Å²) in [6.07, 6.45) is 7.19. The van der Waals surface area contributed by atoms with E-state index in [1.54, 1.807) is 0 Å². The third kappa shape index (κ3) is 4.57. The van der Waals surface area contributed by atoms with Gasteiger partial charge < -0.3 is 11.1 Å². The highest BCUT2D eigenvalue weighted by molar-refractivity contribution is 5.97. The predicted octanol–water partition coefficient (Wildman–Crippen LogP) is 3.36. The molecule has 3 N–H and O–H groups in total. The first-order valence-electron chi connectivity index (χ1n) is 8.73. The van der Waals surface area contributed by atoms with Gasteiger partial charge in [-0.3, -0.25) is 9.59 Å². The quantitative estimate of drug-likeness (QED) is 0.844. The Balaban J connectivity index is 2.03. The van der Waals surface area contributed by atoms with Gasteiger partial charge in [0.2, 0.25) is 5.91 Å². The molecule has 0 spiro atoms. The summed E-state index contributed by atoms with van der Waals surface area (Å²) in [5.74, 6) is -0.0619. The number of benzene rings is 1. The molecule has 4 heteroatoms. The van der Waals surface area contributed by atoms with E-state index < -0.39 is 11.9 Å². The maximum Gasteiger partial charge on any atom is 0.251 e. The fourth-order valence-electron chi connectivity index (χ4n) is 3.30. The van der Waals surface area contributed by atoms with Crippen molar-refractivity contribution in [3.8, 4) is 0 Å². The lowest BCUT2D eigenvalue weighted by atomic mass is 9.84. The van der Waals surface area contributed by atoms with Crippen molar-refractivity contribution in [2.75, 3.05) is 0 Å². The summed E-state index contributed by atoms with van der Waals surface area (Å²) in [6, 6.07) is 7.19. The molecule has 1 aromatic carbocycles. The number of carbonyl (C=O) groups is 2. The smallest absolute Gasteiger partial charge is 0.251 e. The summed E-state index contributed by atoms with van der Waals surface area (Å²) < 4.78 is 0. The van der Waals surface area contributed by atoms with Crippen molar-refractivity contribution in [3.05, 3.63) is 35.4 Å². The van der Waals surface area contributed by atoms with E-state index in [2.05, 4.69) is 5.32 Å². The Morgan fingerprint density at radius 2 is 1.78 bits per heavy atom. The highest BCUT2D eigenvalue weighted by Gasteiger charge is 2.24. The SMILES string of the molecule is CCC(C)C(NC(=O)c1ccc(C2CCCCC2)cc1)C(N)=O. The largest absolute Gasteiger partial charge is 0.368 e. The van der Waals surface area contributed by atoms with E-state index in [1.807, 2.05) is 38.1 Å². The van der Waals surface area contributed by atoms with Crippen LogP contribution in [0.2, 0.25) is 0 Å². The average Bonchev–Trinajstić information content (AvgIpc) is 2.59. The van der Waals surface area contributed by atoms with Gasteiger partial charge >= 0.3 is 0 Å². The molecule has 1 aliphatic carbocycles. The van der Waals surface area contributed by atoms with Crippen LogP contribution in [-0.4, -0.2) is 17.9 Å². The Bertz CT molecular complexity index is 533. The third-order valence-corrected chi connectivity index (χ3v) is 5.06. The summed E-state index contributed by atoms with van der Waals surface area (Å²) >= 11 is 0. The number of hydrogen-bond acceptors (Lipinski definition) is 2. The number of nitrogens with one attached hydrogen (secondary N) is 1. The van der Waals surface area contributed by atoms with Crippen LogP contribution in [0.25, 0.3) is 0 Å². The number of carbonyl (C=O) groups excluding carboxylic acids is 2. The molecule has 0 bridgehead atoms. The van der Waals surface area contributed by atoms with Crippen molar-refractivity contribution >= 4 is 11.8 Å². The Labute approximate surface area is 138 Å². The van der Waals surface area contributed by atoms with Crippen molar-refractivity contribution in [2.45, 2.75) is 64.3 Å². The van der Waals surface area contributed by atoms with Crippen molar-refractivity contribution in [2.24, 2.45) is 11.7 Å². The van der Waals surface area contributed by atoms with Crippen molar-refractivity contribution in [1.29, 1.82) is 0 Å². The molecule has 23 heavy (non-hydrogen) atoms. The van der Waals surface area contributed by atoms with Crippen molar-refractivity contribution in [1.82, 2.24) is 5.32 Å². The van der Waals surface area contributed by atoms with E-state index in [4.69, 9.17) is 5.73 Å². The topological polar surface area (TPSA) is 72.2 Å². The fraction of sp³-hybridized carbons (Fsp3) is 0.579. The van der Waals surface area contributed by atoms with Crippen LogP contribution in [0.1, 0.15) is 74.2 Å². The number of nitrogens with two attached hydrogens (primary N) is 1. The Morgan fingerprint density at radius 1 is 1.17 bits per heavy atom. The third-order valence-electron chi connectivity index (χ3n) is 5.06. The van der Waals surface area contributed by atoms with E-state index in [-0.39, 0.29) is 11.8 Å². The Morgan fingerprint density at radius 3 is 2.30 bits per heavy atom. The lowest BCUT2D eigenvalue weighted by molar-refractivity contribution is -0.120. The standard InChI is InChI=1S/C19H28N2O2/c1-3-13(2)17(18(20)22)21-19(23)16-11-9-15(10-12-16)14-7-5-4-6-8-14/h9-14,17H,3-8H2,1-2H3,(H2,20,22)(H,21,23). The second kappa shape index (κ2) is 8.14. The van der Waals surface area contributed by atoms with Gasteiger partial charge in [0.25, 0.3) is 5.91 Å². The normalized spacial score (nSPS) is 18.2. The molecule has 0 radical (unpaired) electrons. The Kier molecular flexibility index (Phi) is 6.20. The maximum atomic E-state index is 12.3. The average molecular weight is 316 g/mol. The van der Waals surface area contributed by atoms with Crippen LogP contribution in [0.4, 0.5) is 0 Å². The highest BCUT2D eigenvalue weighted by atomic mass is 16.2. The first kappa shape index (κ1) is 17.5. The highest BCUT2D eigenvalue weighted by Crippen LogP contribution is 2.32. The van der Waals surface area contributed by atoms with Gasteiger partial charge in [0.1, 0.15) is 6.04 Å². The first-order chi connectivity index (χ1) is 11.0. The summed E-state index contributed by atoms with van der Waals surface area (Å²) in [5, 5.41) is 2.77. The van der Waals surface area contributed by atoms with Crippen molar-refractivity contribution < 1.29 is 9.59 Å². The summed E-state index contributed by atoms with van der Waals surface area (Å²) in [5.41, 5.74) is 7.30. The van der Waals surface area contributed by atoms with Crippen LogP contribution in [0, 0.1) is 5.92 Å². The minimum Gasteiger partial charge on any atom is -0.368 e. The van der Waals surface area contributed by atoms with E-state index >= 15 is 0 Å². The molecule has 2 atom stereocenters. The second-order valence-electron chi connectivity index (χ2n) is 6.70. The van der Waals surface area contributed by atoms with Gasteiger partial charge in [-0.25, -0.2) is 0 Å². The first-order valence-corrected chi connectivity index (χ1v) is 8.73. The molecule has 0 aromatic heterocycles. The maximum absolute atomic E-state index is 12.3. The molecule has 1 fully saturated rings. The summed E-state index contributed by atoms with van der Waals surface area (Å²) in [7, 11) is 0. The van der Waals surface area contributed by atoms with Crippen LogP contribution in [0.15, 0.2) is 24.3 Å². The van der Waals surface area contributed by atoms with Gasteiger partial charge in [0, 0.05) is 5.56 Å². The molecule has 126 valence electrons. The van der Waals surface area contributed by atoms with Gasteiger partial charge in [-0.05, 0) is 42.4 Å². The number of amides is 2. The molecule has 0 aliphatic heterocycles. The molecule has 0 heterocycles. The minimum atomic E-state index is -0.620. The number of hydrogen-bond donors (Lipinski definition) is 2. The van der Waals surface area contributed by atoms with E-state index in [9.17, 15) is 9.59 Å². The summed E-state index contributed by atoms with van der Waals surface area (Å²) in [4.78, 5) is 23.9. The predicted molar refractivity (Wildman–Crippen MR) is 92.2 cm³/mol. The number of primary amides is 1. The summed E-state index contributed by atoms with van der Waals surface area (Å²) in [6.45, 7) is 3.90. The molecule has 2 rings (SSSR count). The minimum absolute atomic E-state index is 0.0259. The van der Waals surface area contributed by atoms with E-state index in [0.29, 0.717) is 11.5 Å². The van der Waals surface area contributed by atoms with Gasteiger partial charge in [-0.2, -0.15) is 0 Å². The molecule has 1 saturated carbocycles. The zero-order chi connectivity index (χ0) is 16.8. The molecule has 1 aromatic rings. The zero-order valence-electron chi connectivity index (χ0n) is 14.2. The van der Waals surface area contributed by atoms with Gasteiger partial charge in [-0.1, -0.05) is 51.7 Å². The van der Waals surface area contributed by atoms with Gasteiger partial charge in [0.15, 0.2) is 0 Å². The van der Waals surface area contributed by atoms with Gasteiger partial charge in [-0.15, -0.1) is 0 Å². The van der Waals surface area contributed by atoms with Crippen molar-refractivity contribution in [3.63, 3.8) is 0 Å². The van der Waals surface area contributed by atoms with Crippen LogP contribution in [0.3, 0.4) is 0 Å². The number of rotatable bonds is 6. The molecule has 4 nitrogen and oxygen atoms in total. The molecule has 2 amide bonds. The van der Waals surface area contributed by atoms with Crippen LogP contribution >= 0.6 is 0 Å². The lowest BCUT2D eigenvalue weighted by Crippen LogP contribution is -2.48. The molecule has 0 saturated heterocycles. The van der Waals surface area contributed by atoms with Crippen LogP contribution in [0.5, 0.6) is 0 Å². The molecular formula is C19H28N2O2. The monoisotopic (exact) mass is 316 g/mol. The fourth-order valence-corrected chi connectivity index (χ4v) is 3.30.